The van der Waals surface area contributed by atoms with Crippen LogP contribution in [0.25, 0.3) is 0 Å². The minimum absolute atomic E-state index is 0.118. The minimum Gasteiger partial charge on any atom is -0.481 e. The van der Waals surface area contributed by atoms with Gasteiger partial charge in [-0.25, -0.2) is 0 Å². The molecule has 1 fully saturated rings. The number of rotatable bonds is 1. The van der Waals surface area contributed by atoms with E-state index < -0.39 is 5.97 Å². The lowest BCUT2D eigenvalue weighted by atomic mass is 9.96. The van der Waals surface area contributed by atoms with E-state index in [9.17, 15) is 4.79 Å². The molecule has 0 heterocycles. The topological polar surface area (TPSA) is 63.3 Å². The number of nitrogens with two attached hydrogens (primary N) is 1. The SMILES string of the molecule is C[C@H]1CC[C@@H](N)[C@H]1C(=O)O. The molecule has 0 spiro atoms. The summed E-state index contributed by atoms with van der Waals surface area (Å²) in [6.07, 6.45) is 1.82. The minimum atomic E-state index is -0.738. The summed E-state index contributed by atoms with van der Waals surface area (Å²) in [6, 6.07) is -0.118. The molecule has 1 saturated carbocycles. The average Bonchev–Trinajstić information content (AvgIpc) is 2.11. The van der Waals surface area contributed by atoms with Crippen molar-refractivity contribution in [1.82, 2.24) is 0 Å². The third-order valence-corrected chi connectivity index (χ3v) is 2.31. The lowest BCUT2D eigenvalue weighted by Gasteiger charge is -2.13. The van der Waals surface area contributed by atoms with E-state index in [1.165, 1.54) is 0 Å². The second-order valence-electron chi connectivity index (χ2n) is 3.08. The molecule has 0 aliphatic heterocycles. The van der Waals surface area contributed by atoms with Gasteiger partial charge in [0.2, 0.25) is 0 Å². The molecule has 10 heavy (non-hydrogen) atoms. The van der Waals surface area contributed by atoms with Gasteiger partial charge in [0.25, 0.3) is 0 Å². The van der Waals surface area contributed by atoms with Crippen molar-refractivity contribution < 1.29 is 9.90 Å². The van der Waals surface area contributed by atoms with Gasteiger partial charge < -0.3 is 10.8 Å². The van der Waals surface area contributed by atoms with Crippen LogP contribution in [0.15, 0.2) is 0 Å². The molecule has 58 valence electrons. The predicted molar refractivity (Wildman–Crippen MR) is 37.5 cm³/mol. The Kier molecular flexibility index (Phi) is 1.94. The second kappa shape index (κ2) is 2.58. The number of carboxylic acid groups (broad SMARTS) is 1. The molecule has 0 aromatic carbocycles. The molecule has 3 nitrogen and oxygen atoms in total. The molecule has 1 rings (SSSR count). The van der Waals surface area contributed by atoms with E-state index in [0.717, 1.165) is 12.8 Å². The van der Waals surface area contributed by atoms with Crippen LogP contribution in [0.2, 0.25) is 0 Å². The van der Waals surface area contributed by atoms with Gasteiger partial charge in [-0.2, -0.15) is 0 Å². The fraction of sp³-hybridized carbons (Fsp3) is 0.857. The van der Waals surface area contributed by atoms with Crippen molar-refractivity contribution in [2.45, 2.75) is 25.8 Å². The van der Waals surface area contributed by atoms with Crippen molar-refractivity contribution in [3.05, 3.63) is 0 Å². The van der Waals surface area contributed by atoms with E-state index in [0.29, 0.717) is 0 Å². The van der Waals surface area contributed by atoms with Crippen molar-refractivity contribution in [2.24, 2.45) is 17.6 Å². The Morgan fingerprint density at radius 2 is 2.20 bits per heavy atom. The molecule has 3 N–H and O–H groups in total. The summed E-state index contributed by atoms with van der Waals surface area (Å²) in [6.45, 7) is 1.95. The maximum Gasteiger partial charge on any atom is 0.308 e. The normalized spacial score (nSPS) is 40.0. The van der Waals surface area contributed by atoms with Crippen molar-refractivity contribution >= 4 is 5.97 Å². The maximum atomic E-state index is 10.5. The first-order valence-corrected chi connectivity index (χ1v) is 3.61. The zero-order valence-corrected chi connectivity index (χ0v) is 6.08. The van der Waals surface area contributed by atoms with Crippen LogP contribution in [0.1, 0.15) is 19.8 Å². The van der Waals surface area contributed by atoms with Gasteiger partial charge in [0.15, 0.2) is 0 Å². The van der Waals surface area contributed by atoms with E-state index >= 15 is 0 Å². The molecule has 0 saturated heterocycles. The first-order chi connectivity index (χ1) is 4.63. The van der Waals surface area contributed by atoms with Gasteiger partial charge in [-0.15, -0.1) is 0 Å². The predicted octanol–water partition coefficient (Wildman–Crippen LogP) is 0.444. The summed E-state index contributed by atoms with van der Waals surface area (Å²) in [5.74, 6) is -0.787. The molecule has 0 unspecified atom stereocenters. The molecule has 3 atom stereocenters. The lowest BCUT2D eigenvalue weighted by Crippen LogP contribution is -2.33. The van der Waals surface area contributed by atoms with Crippen LogP contribution in [-0.2, 0) is 4.79 Å². The standard InChI is InChI=1S/C7H13NO2/c1-4-2-3-5(8)6(4)7(9)10/h4-6H,2-3,8H2,1H3,(H,9,10)/t4-,5+,6-/m0/s1. The molecule has 0 amide bonds. The molecule has 1 aliphatic carbocycles. The third-order valence-electron chi connectivity index (χ3n) is 2.31. The summed E-state index contributed by atoms with van der Waals surface area (Å²) in [4.78, 5) is 10.5. The molecule has 0 aromatic rings. The fourth-order valence-corrected chi connectivity index (χ4v) is 1.66. The molecular formula is C7H13NO2. The van der Waals surface area contributed by atoms with Gasteiger partial charge in [0.05, 0.1) is 5.92 Å². The summed E-state index contributed by atoms with van der Waals surface area (Å²) in [7, 11) is 0. The van der Waals surface area contributed by atoms with Crippen LogP contribution >= 0.6 is 0 Å². The van der Waals surface area contributed by atoms with E-state index in [1.54, 1.807) is 0 Å². The van der Waals surface area contributed by atoms with Crippen molar-refractivity contribution in [3.8, 4) is 0 Å². The summed E-state index contributed by atoms with van der Waals surface area (Å²) in [5, 5.41) is 8.67. The summed E-state index contributed by atoms with van der Waals surface area (Å²) < 4.78 is 0. The van der Waals surface area contributed by atoms with E-state index in [2.05, 4.69) is 0 Å². The van der Waals surface area contributed by atoms with Gasteiger partial charge >= 0.3 is 5.97 Å². The van der Waals surface area contributed by atoms with Crippen LogP contribution in [0.3, 0.4) is 0 Å². The van der Waals surface area contributed by atoms with E-state index in [-0.39, 0.29) is 17.9 Å². The Balaban J connectivity index is 2.63. The van der Waals surface area contributed by atoms with Gasteiger partial charge in [-0.05, 0) is 18.8 Å². The molecule has 1 aliphatic rings. The van der Waals surface area contributed by atoms with Crippen LogP contribution in [0, 0.1) is 11.8 Å². The molecule has 0 bridgehead atoms. The molecular weight excluding hydrogens is 130 g/mol. The Morgan fingerprint density at radius 1 is 1.60 bits per heavy atom. The molecule has 3 heteroatoms. The largest absolute Gasteiger partial charge is 0.481 e. The zero-order valence-electron chi connectivity index (χ0n) is 6.08. The first kappa shape index (κ1) is 7.54. The monoisotopic (exact) mass is 143 g/mol. The number of carboxylic acids is 1. The number of hydrogen-bond donors (Lipinski definition) is 2. The Bertz CT molecular complexity index is 137. The van der Waals surface area contributed by atoms with Gasteiger partial charge in [-0.3, -0.25) is 4.79 Å². The molecule has 0 aromatic heterocycles. The zero-order chi connectivity index (χ0) is 7.72. The smallest absolute Gasteiger partial charge is 0.308 e. The average molecular weight is 143 g/mol. The number of hydrogen-bond acceptors (Lipinski definition) is 2. The summed E-state index contributed by atoms with van der Waals surface area (Å²) >= 11 is 0. The lowest BCUT2D eigenvalue weighted by molar-refractivity contribution is -0.143. The number of carbonyl (C=O) groups is 1. The van der Waals surface area contributed by atoms with Crippen molar-refractivity contribution in [1.29, 1.82) is 0 Å². The van der Waals surface area contributed by atoms with Crippen LogP contribution < -0.4 is 5.73 Å². The fourth-order valence-electron chi connectivity index (χ4n) is 1.66. The highest BCUT2D eigenvalue weighted by Crippen LogP contribution is 2.30. The Morgan fingerprint density at radius 3 is 2.40 bits per heavy atom. The highest BCUT2D eigenvalue weighted by atomic mass is 16.4. The van der Waals surface area contributed by atoms with Crippen molar-refractivity contribution in [2.75, 3.05) is 0 Å². The van der Waals surface area contributed by atoms with Gasteiger partial charge in [-0.1, -0.05) is 6.92 Å². The number of aliphatic carboxylic acids is 1. The van der Waals surface area contributed by atoms with Crippen molar-refractivity contribution in [3.63, 3.8) is 0 Å². The summed E-state index contributed by atoms with van der Waals surface area (Å²) in [5.41, 5.74) is 5.59. The first-order valence-electron chi connectivity index (χ1n) is 3.61. The quantitative estimate of drug-likeness (QED) is 0.560. The van der Waals surface area contributed by atoms with E-state index in [4.69, 9.17) is 10.8 Å². The Labute approximate surface area is 60.2 Å². The van der Waals surface area contributed by atoms with Gasteiger partial charge in [0, 0.05) is 6.04 Å². The van der Waals surface area contributed by atoms with Gasteiger partial charge in [0.1, 0.15) is 0 Å². The van der Waals surface area contributed by atoms with Crippen LogP contribution in [-0.4, -0.2) is 17.1 Å². The second-order valence-corrected chi connectivity index (χ2v) is 3.08. The molecule has 0 radical (unpaired) electrons. The highest BCUT2D eigenvalue weighted by Gasteiger charge is 2.35. The third kappa shape index (κ3) is 1.14. The van der Waals surface area contributed by atoms with E-state index in [1.807, 2.05) is 6.92 Å². The van der Waals surface area contributed by atoms with Crippen LogP contribution in [0.4, 0.5) is 0 Å². The Hall–Kier alpha value is -0.570. The maximum absolute atomic E-state index is 10.5. The van der Waals surface area contributed by atoms with Crippen LogP contribution in [0.5, 0.6) is 0 Å². The highest BCUT2D eigenvalue weighted by molar-refractivity contribution is 5.71.